The van der Waals surface area contributed by atoms with E-state index in [9.17, 15) is 14.4 Å². The van der Waals surface area contributed by atoms with E-state index in [1.54, 1.807) is 54.6 Å². The van der Waals surface area contributed by atoms with Crippen molar-refractivity contribution >= 4 is 34.4 Å². The third-order valence-electron chi connectivity index (χ3n) is 3.82. The molecule has 6 nitrogen and oxygen atoms in total. The summed E-state index contributed by atoms with van der Waals surface area (Å²) in [4.78, 5) is 36.4. The zero-order chi connectivity index (χ0) is 19.2. The molecule has 1 amide bonds. The maximum absolute atomic E-state index is 12.4. The molecule has 0 unspecified atom stereocenters. The van der Waals surface area contributed by atoms with Crippen LogP contribution in [0.5, 0.6) is 0 Å². The zero-order valence-electron chi connectivity index (χ0n) is 14.6. The molecule has 6 heteroatoms. The fraction of sp³-hybridized carbons (Fsp3) is 0.0952. The third-order valence-corrected chi connectivity index (χ3v) is 3.82. The van der Waals surface area contributed by atoms with Crippen LogP contribution in [0, 0.1) is 0 Å². The lowest BCUT2D eigenvalue weighted by atomic mass is 10.1. The summed E-state index contributed by atoms with van der Waals surface area (Å²) in [5, 5.41) is 3.04. The number of ether oxygens (including phenoxy) is 1. The number of ketones is 1. The van der Waals surface area contributed by atoms with Crippen molar-refractivity contribution in [1.82, 2.24) is 0 Å². The summed E-state index contributed by atoms with van der Waals surface area (Å²) in [6.45, 7) is -0.0453. The van der Waals surface area contributed by atoms with E-state index in [0.717, 1.165) is 0 Å². The second-order valence-corrected chi connectivity index (χ2v) is 5.78. The van der Waals surface area contributed by atoms with Crippen LogP contribution in [0.15, 0.2) is 70.1 Å². The minimum atomic E-state index is -0.455. The Balaban J connectivity index is 1.80. The Morgan fingerprint density at radius 3 is 2.78 bits per heavy atom. The number of nitrogens with one attached hydrogen (secondary N) is 1. The van der Waals surface area contributed by atoms with E-state index in [-0.39, 0.29) is 23.5 Å². The van der Waals surface area contributed by atoms with Crippen LogP contribution >= 0.6 is 0 Å². The normalized spacial score (nSPS) is 11.0. The van der Waals surface area contributed by atoms with Crippen molar-refractivity contribution in [2.24, 2.45) is 0 Å². The number of anilines is 1. The lowest BCUT2D eigenvalue weighted by molar-refractivity contribution is -0.119. The van der Waals surface area contributed by atoms with Crippen LogP contribution in [0.25, 0.3) is 17.0 Å². The van der Waals surface area contributed by atoms with Crippen molar-refractivity contribution < 1.29 is 18.7 Å². The van der Waals surface area contributed by atoms with Gasteiger partial charge in [-0.2, -0.15) is 0 Å². The first-order valence-electron chi connectivity index (χ1n) is 8.20. The maximum atomic E-state index is 12.4. The highest BCUT2D eigenvalue weighted by molar-refractivity contribution is 6.07. The Morgan fingerprint density at radius 1 is 1.15 bits per heavy atom. The van der Waals surface area contributed by atoms with Gasteiger partial charge in [-0.3, -0.25) is 14.4 Å². The van der Waals surface area contributed by atoms with Gasteiger partial charge in [-0.1, -0.05) is 30.3 Å². The number of para-hydroxylation sites is 1. The van der Waals surface area contributed by atoms with E-state index in [0.29, 0.717) is 22.2 Å². The van der Waals surface area contributed by atoms with Crippen LogP contribution in [0.4, 0.5) is 5.69 Å². The fourth-order valence-corrected chi connectivity index (χ4v) is 2.56. The molecule has 1 aromatic heterocycles. The molecule has 0 saturated heterocycles. The number of benzene rings is 2. The van der Waals surface area contributed by atoms with Gasteiger partial charge in [-0.15, -0.1) is 0 Å². The van der Waals surface area contributed by atoms with E-state index >= 15 is 0 Å². The highest BCUT2D eigenvalue weighted by Gasteiger charge is 2.11. The van der Waals surface area contributed by atoms with Gasteiger partial charge in [0.05, 0.1) is 5.39 Å². The van der Waals surface area contributed by atoms with Gasteiger partial charge in [0.15, 0.2) is 5.78 Å². The molecule has 1 heterocycles. The van der Waals surface area contributed by atoms with E-state index in [1.807, 2.05) is 0 Å². The molecule has 0 aliphatic rings. The zero-order valence-corrected chi connectivity index (χ0v) is 14.6. The Bertz CT molecular complexity index is 1080. The molecule has 0 atom stereocenters. The average molecular weight is 363 g/mol. The first kappa shape index (κ1) is 18.3. The number of carbonyl (C=O) groups is 2. The van der Waals surface area contributed by atoms with Gasteiger partial charge in [-0.05, 0) is 35.9 Å². The van der Waals surface area contributed by atoms with Gasteiger partial charge in [-0.25, -0.2) is 0 Å². The topological polar surface area (TPSA) is 85.6 Å². The molecule has 3 rings (SSSR count). The molecule has 0 aliphatic carbocycles. The van der Waals surface area contributed by atoms with Crippen LogP contribution in [-0.2, 0) is 9.53 Å². The second-order valence-electron chi connectivity index (χ2n) is 5.78. The lowest BCUT2D eigenvalue weighted by Gasteiger charge is -2.05. The summed E-state index contributed by atoms with van der Waals surface area (Å²) < 4.78 is 10.1. The summed E-state index contributed by atoms with van der Waals surface area (Å²) in [5.41, 5.74) is 1.31. The van der Waals surface area contributed by atoms with Crippen molar-refractivity contribution in [3.63, 3.8) is 0 Å². The number of rotatable bonds is 6. The monoisotopic (exact) mass is 363 g/mol. The van der Waals surface area contributed by atoms with Gasteiger partial charge in [0.1, 0.15) is 24.0 Å². The quantitative estimate of drug-likeness (QED) is 0.537. The molecule has 0 fully saturated rings. The molecular weight excluding hydrogens is 346 g/mol. The molecule has 3 aromatic rings. The molecule has 0 aliphatic heterocycles. The van der Waals surface area contributed by atoms with Gasteiger partial charge >= 0.3 is 0 Å². The smallest absolute Gasteiger partial charge is 0.250 e. The van der Waals surface area contributed by atoms with Gasteiger partial charge in [0, 0.05) is 12.8 Å². The first-order valence-corrected chi connectivity index (χ1v) is 8.20. The first-order chi connectivity index (χ1) is 13.1. The largest absolute Gasteiger partial charge is 0.463 e. The third kappa shape index (κ3) is 4.37. The molecule has 2 aromatic carbocycles. The maximum Gasteiger partial charge on any atom is 0.250 e. The van der Waals surface area contributed by atoms with Crippen molar-refractivity contribution in [2.45, 2.75) is 0 Å². The van der Waals surface area contributed by atoms with Crippen LogP contribution < -0.4 is 10.7 Å². The van der Waals surface area contributed by atoms with Gasteiger partial charge in [0.25, 0.3) is 0 Å². The predicted molar refractivity (Wildman–Crippen MR) is 103 cm³/mol. The van der Waals surface area contributed by atoms with Crippen LogP contribution in [0.3, 0.4) is 0 Å². The fourth-order valence-electron chi connectivity index (χ4n) is 2.56. The Hall–Kier alpha value is -3.51. The average Bonchev–Trinajstić information content (AvgIpc) is 2.67. The number of hydrogen-bond acceptors (Lipinski definition) is 5. The number of hydrogen-bond donors (Lipinski definition) is 1. The van der Waals surface area contributed by atoms with Gasteiger partial charge < -0.3 is 14.5 Å². The standard InChI is InChI=1S/C21H17NO5/c1-26-13-20(24)22-15-6-4-5-14(11-15)9-10-18(23)17-12-27-19-8-3-2-7-16(19)21(17)25/h2-12H,13H2,1H3,(H,22,24). The van der Waals surface area contributed by atoms with E-state index in [1.165, 1.54) is 19.4 Å². The molecular formula is C21H17NO5. The summed E-state index contributed by atoms with van der Waals surface area (Å²) in [7, 11) is 1.44. The van der Waals surface area contributed by atoms with Crippen LogP contribution in [-0.4, -0.2) is 25.4 Å². The SMILES string of the molecule is COCC(=O)Nc1cccc(C=CC(=O)c2coc3ccccc3c2=O)c1. The molecule has 0 radical (unpaired) electrons. The molecule has 136 valence electrons. The van der Waals surface area contributed by atoms with E-state index in [4.69, 9.17) is 9.15 Å². The van der Waals surface area contributed by atoms with Crippen LogP contribution in [0.2, 0.25) is 0 Å². The summed E-state index contributed by atoms with van der Waals surface area (Å²) in [6, 6.07) is 13.7. The second kappa shape index (κ2) is 8.25. The Morgan fingerprint density at radius 2 is 1.96 bits per heavy atom. The van der Waals surface area contributed by atoms with Crippen molar-refractivity contribution in [1.29, 1.82) is 0 Å². The minimum Gasteiger partial charge on any atom is -0.463 e. The summed E-state index contributed by atoms with van der Waals surface area (Å²) in [5.74, 6) is -0.730. The highest BCUT2D eigenvalue weighted by atomic mass is 16.5. The van der Waals surface area contributed by atoms with E-state index < -0.39 is 5.78 Å². The minimum absolute atomic E-state index is 0.0329. The Labute approximate surface area is 155 Å². The predicted octanol–water partition coefficient (Wildman–Crippen LogP) is 3.27. The molecule has 27 heavy (non-hydrogen) atoms. The molecule has 1 N–H and O–H groups in total. The number of fused-ring (bicyclic) bond motifs is 1. The number of amides is 1. The van der Waals surface area contributed by atoms with Crippen molar-refractivity contribution in [2.75, 3.05) is 19.0 Å². The van der Waals surface area contributed by atoms with Crippen molar-refractivity contribution in [3.8, 4) is 0 Å². The number of carbonyl (C=O) groups excluding carboxylic acids is 2. The molecule has 0 saturated carbocycles. The van der Waals surface area contributed by atoms with Crippen LogP contribution in [0.1, 0.15) is 15.9 Å². The summed E-state index contributed by atoms with van der Waals surface area (Å²) in [6.07, 6.45) is 4.05. The van der Waals surface area contributed by atoms with Gasteiger partial charge in [0.2, 0.25) is 11.3 Å². The number of methoxy groups -OCH3 is 1. The van der Waals surface area contributed by atoms with E-state index in [2.05, 4.69) is 5.32 Å². The van der Waals surface area contributed by atoms with Crippen molar-refractivity contribution in [3.05, 3.63) is 82.2 Å². The Kier molecular flexibility index (Phi) is 5.58. The molecule has 0 bridgehead atoms. The lowest BCUT2D eigenvalue weighted by Crippen LogP contribution is -2.17. The highest BCUT2D eigenvalue weighted by Crippen LogP contribution is 2.14. The molecule has 0 spiro atoms. The number of allylic oxidation sites excluding steroid dienone is 1. The summed E-state index contributed by atoms with van der Waals surface area (Å²) >= 11 is 0.